The van der Waals surface area contributed by atoms with E-state index in [2.05, 4.69) is 35.0 Å². The Morgan fingerprint density at radius 3 is 2.58 bits per heavy atom. The van der Waals surface area contributed by atoms with Crippen molar-refractivity contribution >= 4 is 40.2 Å². The molecule has 4 amide bonds. The maximum atomic E-state index is 13.7. The Hall–Kier alpha value is -3.62. The van der Waals surface area contributed by atoms with E-state index in [-0.39, 0.29) is 23.8 Å². The van der Waals surface area contributed by atoms with Crippen molar-refractivity contribution in [2.75, 3.05) is 26.2 Å². The van der Waals surface area contributed by atoms with Gasteiger partial charge in [-0.1, -0.05) is 61.0 Å². The fourth-order valence-corrected chi connectivity index (χ4v) is 5.47. The molecule has 5 N–H and O–H groups in total. The average Bonchev–Trinajstić information content (AvgIpc) is 3.10. The molecule has 3 aromatic carbocycles. The normalized spacial score (nSPS) is 18.2. The first-order valence-electron chi connectivity index (χ1n) is 13.9. The van der Waals surface area contributed by atoms with E-state index in [4.69, 9.17) is 17.3 Å². The van der Waals surface area contributed by atoms with Crippen molar-refractivity contribution in [3.05, 3.63) is 82.9 Å². The number of rotatable bonds is 11. The molecule has 0 bridgehead atoms. The van der Waals surface area contributed by atoms with E-state index in [1.165, 1.54) is 5.56 Å². The summed E-state index contributed by atoms with van der Waals surface area (Å²) in [4.78, 5) is 39.7. The van der Waals surface area contributed by atoms with Gasteiger partial charge >= 0.3 is 6.03 Å². The second-order valence-electron chi connectivity index (χ2n) is 10.4. The molecule has 8 nitrogen and oxygen atoms in total. The second-order valence-corrected chi connectivity index (χ2v) is 10.8. The van der Waals surface area contributed by atoms with Crippen molar-refractivity contribution in [2.24, 2.45) is 5.73 Å². The van der Waals surface area contributed by atoms with Gasteiger partial charge in [0.25, 0.3) is 5.91 Å². The van der Waals surface area contributed by atoms with E-state index in [1.807, 2.05) is 53.4 Å². The van der Waals surface area contributed by atoms with Crippen LogP contribution in [0.5, 0.6) is 0 Å². The quantitative estimate of drug-likeness (QED) is 0.258. The van der Waals surface area contributed by atoms with Crippen LogP contribution >= 0.6 is 11.6 Å². The molecule has 1 heterocycles. The van der Waals surface area contributed by atoms with Gasteiger partial charge in [-0.25, -0.2) is 4.79 Å². The summed E-state index contributed by atoms with van der Waals surface area (Å²) < 4.78 is 0. The van der Waals surface area contributed by atoms with Gasteiger partial charge in [0.05, 0.1) is 6.04 Å². The number of urea groups is 1. The molecule has 40 heavy (non-hydrogen) atoms. The molecule has 1 aliphatic heterocycles. The summed E-state index contributed by atoms with van der Waals surface area (Å²) in [6.45, 7) is 4.17. The van der Waals surface area contributed by atoms with E-state index in [0.29, 0.717) is 56.0 Å². The number of benzene rings is 3. The van der Waals surface area contributed by atoms with Gasteiger partial charge in [0.1, 0.15) is 0 Å². The molecule has 3 atom stereocenters. The van der Waals surface area contributed by atoms with E-state index >= 15 is 0 Å². The molecule has 4 rings (SSSR count). The van der Waals surface area contributed by atoms with Crippen LogP contribution in [-0.4, -0.2) is 61.0 Å². The molecule has 212 valence electrons. The molecule has 0 aliphatic carbocycles. The minimum absolute atomic E-state index is 0.0514. The first-order valence-corrected chi connectivity index (χ1v) is 14.3. The SMILES string of the molecule is CCC(CN1CC[C@@H](CNC(=O)c2ccc3cc(Cl)ccc3c2)N[C@@H](CCCNC(N)=O)C1=O)c1ccccc1. The number of primary amides is 1. The minimum atomic E-state index is -0.576. The van der Waals surface area contributed by atoms with Crippen molar-refractivity contribution in [3.8, 4) is 0 Å². The van der Waals surface area contributed by atoms with Crippen LogP contribution in [-0.2, 0) is 4.79 Å². The number of hydrogen-bond donors (Lipinski definition) is 4. The van der Waals surface area contributed by atoms with Crippen LogP contribution < -0.4 is 21.7 Å². The molecule has 0 saturated carbocycles. The van der Waals surface area contributed by atoms with Crippen molar-refractivity contribution in [1.82, 2.24) is 20.9 Å². The number of carbonyl (C=O) groups excluding carboxylic acids is 3. The van der Waals surface area contributed by atoms with Crippen LogP contribution in [0.25, 0.3) is 10.8 Å². The number of fused-ring (bicyclic) bond motifs is 1. The zero-order valence-corrected chi connectivity index (χ0v) is 23.6. The predicted molar refractivity (Wildman–Crippen MR) is 159 cm³/mol. The number of nitrogens with zero attached hydrogens (tertiary/aromatic N) is 1. The zero-order chi connectivity index (χ0) is 28.5. The third-order valence-corrected chi connectivity index (χ3v) is 7.78. The van der Waals surface area contributed by atoms with Gasteiger partial charge in [0.2, 0.25) is 5.91 Å². The Bertz CT molecular complexity index is 1320. The molecule has 1 fully saturated rings. The molecule has 1 saturated heterocycles. The highest BCUT2D eigenvalue weighted by Crippen LogP contribution is 2.23. The third kappa shape index (κ3) is 7.96. The molecule has 9 heteroatoms. The molecule has 1 unspecified atom stereocenters. The predicted octanol–water partition coefficient (Wildman–Crippen LogP) is 4.42. The van der Waals surface area contributed by atoms with E-state index in [1.54, 1.807) is 6.07 Å². The third-order valence-electron chi connectivity index (χ3n) is 7.54. The molecule has 0 radical (unpaired) electrons. The average molecular weight is 564 g/mol. The Morgan fingerprint density at radius 2 is 1.82 bits per heavy atom. The monoisotopic (exact) mass is 563 g/mol. The molecule has 1 aliphatic rings. The van der Waals surface area contributed by atoms with Crippen LogP contribution in [0.1, 0.15) is 54.4 Å². The van der Waals surface area contributed by atoms with Gasteiger partial charge in [0.15, 0.2) is 0 Å². The van der Waals surface area contributed by atoms with Crippen molar-refractivity contribution in [3.63, 3.8) is 0 Å². The summed E-state index contributed by atoms with van der Waals surface area (Å²) in [6.07, 6.45) is 2.79. The summed E-state index contributed by atoms with van der Waals surface area (Å²) in [5.74, 6) is 0.125. The minimum Gasteiger partial charge on any atom is -0.352 e. The maximum Gasteiger partial charge on any atom is 0.312 e. The highest BCUT2D eigenvalue weighted by atomic mass is 35.5. The van der Waals surface area contributed by atoms with Crippen LogP contribution in [0.15, 0.2) is 66.7 Å². The Morgan fingerprint density at radius 1 is 1.07 bits per heavy atom. The van der Waals surface area contributed by atoms with Crippen LogP contribution in [0, 0.1) is 0 Å². The molecular formula is C31H38ClN5O3. The van der Waals surface area contributed by atoms with Crippen molar-refractivity contribution in [1.29, 1.82) is 0 Å². The fourth-order valence-electron chi connectivity index (χ4n) is 5.29. The molecular weight excluding hydrogens is 526 g/mol. The highest BCUT2D eigenvalue weighted by molar-refractivity contribution is 6.31. The van der Waals surface area contributed by atoms with Crippen molar-refractivity contribution in [2.45, 2.75) is 50.6 Å². The second kappa shape index (κ2) is 14.1. The van der Waals surface area contributed by atoms with E-state index < -0.39 is 12.1 Å². The Kier molecular flexibility index (Phi) is 10.4. The fraction of sp³-hybridized carbons (Fsp3) is 0.387. The first-order chi connectivity index (χ1) is 19.3. The lowest BCUT2D eigenvalue weighted by molar-refractivity contribution is -0.133. The van der Waals surface area contributed by atoms with Gasteiger partial charge in [-0.2, -0.15) is 0 Å². The number of nitrogens with two attached hydrogens (primary N) is 1. The lowest BCUT2D eigenvalue weighted by Crippen LogP contribution is -2.49. The van der Waals surface area contributed by atoms with E-state index in [0.717, 1.165) is 17.2 Å². The molecule has 0 aromatic heterocycles. The summed E-state index contributed by atoms with van der Waals surface area (Å²) in [7, 11) is 0. The van der Waals surface area contributed by atoms with Gasteiger partial charge in [-0.05, 0) is 66.3 Å². The Balaban J connectivity index is 1.42. The maximum absolute atomic E-state index is 13.7. The topological polar surface area (TPSA) is 117 Å². The number of nitrogens with one attached hydrogen (secondary N) is 3. The summed E-state index contributed by atoms with van der Waals surface area (Å²) in [5, 5.41) is 11.7. The smallest absolute Gasteiger partial charge is 0.312 e. The largest absolute Gasteiger partial charge is 0.352 e. The summed E-state index contributed by atoms with van der Waals surface area (Å²) in [6, 6.07) is 20.3. The highest BCUT2D eigenvalue weighted by Gasteiger charge is 2.32. The summed E-state index contributed by atoms with van der Waals surface area (Å²) >= 11 is 6.09. The van der Waals surface area contributed by atoms with Crippen LogP contribution in [0.2, 0.25) is 5.02 Å². The summed E-state index contributed by atoms with van der Waals surface area (Å²) in [5.41, 5.74) is 6.99. The Labute approximate surface area is 240 Å². The zero-order valence-electron chi connectivity index (χ0n) is 22.9. The first kappa shape index (κ1) is 29.4. The molecule has 0 spiro atoms. The lowest BCUT2D eigenvalue weighted by Gasteiger charge is -2.28. The number of halogens is 1. The van der Waals surface area contributed by atoms with Gasteiger partial charge in [-0.15, -0.1) is 0 Å². The van der Waals surface area contributed by atoms with Crippen LogP contribution in [0.4, 0.5) is 4.79 Å². The number of carbonyl (C=O) groups is 3. The van der Waals surface area contributed by atoms with Gasteiger partial charge in [-0.3, -0.25) is 9.59 Å². The lowest BCUT2D eigenvalue weighted by atomic mass is 9.95. The van der Waals surface area contributed by atoms with Gasteiger partial charge in [0, 0.05) is 48.7 Å². The molecule has 3 aromatic rings. The van der Waals surface area contributed by atoms with Gasteiger partial charge < -0.3 is 26.6 Å². The standard InChI is InChI=1S/C31H38ClN5O3/c1-2-21(22-7-4-3-5-8-22)20-37-16-14-27(36-28(30(37)39)9-6-15-34-31(33)40)19-35-29(38)25-11-10-24-18-26(32)13-12-23(24)17-25/h3-5,7-8,10-13,17-18,21,27-28,36H,2,6,9,14-16,19-20H2,1H3,(H,35,38)(H3,33,34,40)/t21?,27-,28-/m0/s1. The number of hydrogen-bond acceptors (Lipinski definition) is 4. The number of amides is 4. The van der Waals surface area contributed by atoms with Crippen molar-refractivity contribution < 1.29 is 14.4 Å². The van der Waals surface area contributed by atoms with Crippen LogP contribution in [0.3, 0.4) is 0 Å². The van der Waals surface area contributed by atoms with E-state index in [9.17, 15) is 14.4 Å².